The third kappa shape index (κ3) is 5.74. The van der Waals surface area contributed by atoms with E-state index in [1.54, 1.807) is 0 Å². The highest BCUT2D eigenvalue weighted by molar-refractivity contribution is 4.89. The Bertz CT molecular complexity index is 224. The molecule has 0 saturated heterocycles. The van der Waals surface area contributed by atoms with Crippen molar-refractivity contribution in [2.45, 2.75) is 83.3 Å². The van der Waals surface area contributed by atoms with Gasteiger partial charge in [-0.1, -0.05) is 33.1 Å². The van der Waals surface area contributed by atoms with E-state index in [9.17, 15) is 8.78 Å². The van der Waals surface area contributed by atoms with Crippen LogP contribution in [0, 0.1) is 0 Å². The summed E-state index contributed by atoms with van der Waals surface area (Å²) in [5.41, 5.74) is 0. The van der Waals surface area contributed by atoms with Gasteiger partial charge in [-0.05, 0) is 25.7 Å². The Morgan fingerprint density at radius 1 is 0.789 bits per heavy atom. The highest BCUT2D eigenvalue weighted by Gasteiger charge is 2.41. The van der Waals surface area contributed by atoms with Gasteiger partial charge in [-0.3, -0.25) is 0 Å². The quantitative estimate of drug-likeness (QED) is 0.588. The van der Waals surface area contributed by atoms with Gasteiger partial charge in [0.2, 0.25) is 0 Å². The summed E-state index contributed by atoms with van der Waals surface area (Å²) in [5.74, 6) is 0. The minimum Gasteiger partial charge on any atom is -0.375 e. The predicted molar refractivity (Wildman–Crippen MR) is 72.9 cm³/mol. The van der Waals surface area contributed by atoms with Crippen molar-refractivity contribution in [3.05, 3.63) is 0 Å². The largest absolute Gasteiger partial charge is 0.375 e. The van der Waals surface area contributed by atoms with Crippen molar-refractivity contribution in [1.82, 2.24) is 0 Å². The highest BCUT2D eigenvalue weighted by atomic mass is 19.2. The minimum atomic E-state index is -1.54. The molecule has 0 aliphatic heterocycles. The number of rotatable bonds is 9. The maximum atomic E-state index is 13.9. The van der Waals surface area contributed by atoms with Crippen LogP contribution in [0.4, 0.5) is 8.78 Å². The molecule has 114 valence electrons. The fourth-order valence-corrected chi connectivity index (χ4v) is 2.37. The molecule has 0 aromatic rings. The first-order valence-corrected chi connectivity index (χ1v) is 7.72. The normalized spacial score (nSPS) is 31.6. The van der Waals surface area contributed by atoms with Gasteiger partial charge in [-0.15, -0.1) is 0 Å². The van der Waals surface area contributed by atoms with Crippen LogP contribution in [0.15, 0.2) is 0 Å². The lowest BCUT2D eigenvalue weighted by Crippen LogP contribution is -2.46. The zero-order valence-corrected chi connectivity index (χ0v) is 12.2. The van der Waals surface area contributed by atoms with Crippen LogP contribution in [0.1, 0.15) is 58.8 Å². The molecule has 4 unspecified atom stereocenters. The van der Waals surface area contributed by atoms with Gasteiger partial charge >= 0.3 is 0 Å². The average Bonchev–Trinajstić information content (AvgIpc) is 2.42. The summed E-state index contributed by atoms with van der Waals surface area (Å²) in [6.45, 7) is 5.22. The summed E-state index contributed by atoms with van der Waals surface area (Å²) < 4.78 is 38.7. The van der Waals surface area contributed by atoms with Crippen molar-refractivity contribution in [3.8, 4) is 0 Å². The van der Waals surface area contributed by atoms with Crippen LogP contribution < -0.4 is 0 Å². The lowest BCUT2D eigenvalue weighted by Gasteiger charge is -2.34. The third-order valence-electron chi connectivity index (χ3n) is 3.66. The van der Waals surface area contributed by atoms with Crippen LogP contribution in [0.3, 0.4) is 0 Å². The van der Waals surface area contributed by atoms with Crippen molar-refractivity contribution in [1.29, 1.82) is 0 Å². The second-order valence-electron chi connectivity index (χ2n) is 5.35. The van der Waals surface area contributed by atoms with E-state index in [4.69, 9.17) is 9.47 Å². The Balaban J connectivity index is 2.26. The third-order valence-corrected chi connectivity index (χ3v) is 3.66. The second-order valence-corrected chi connectivity index (χ2v) is 5.35. The molecule has 19 heavy (non-hydrogen) atoms. The molecule has 0 heterocycles. The lowest BCUT2D eigenvalue weighted by molar-refractivity contribution is -0.118. The number of unbranched alkanes of at least 4 members (excludes halogenated alkanes) is 3. The Morgan fingerprint density at radius 3 is 1.74 bits per heavy atom. The van der Waals surface area contributed by atoms with E-state index in [1.807, 2.05) is 0 Å². The topological polar surface area (TPSA) is 18.5 Å². The molecule has 0 radical (unpaired) electrons. The van der Waals surface area contributed by atoms with Gasteiger partial charge in [0.05, 0.1) is 12.2 Å². The van der Waals surface area contributed by atoms with E-state index in [2.05, 4.69) is 13.8 Å². The summed E-state index contributed by atoms with van der Waals surface area (Å²) in [6.07, 6.45) is 1.88. The molecule has 1 fully saturated rings. The molecule has 0 aromatic heterocycles. The maximum Gasteiger partial charge on any atom is 0.160 e. The van der Waals surface area contributed by atoms with Crippen LogP contribution in [-0.4, -0.2) is 37.8 Å². The minimum absolute atomic E-state index is 0.524. The van der Waals surface area contributed by atoms with Gasteiger partial charge in [0.25, 0.3) is 0 Å². The first-order valence-electron chi connectivity index (χ1n) is 7.72. The Kier molecular flexibility index (Phi) is 8.55. The molecule has 0 aromatic carbocycles. The molecule has 0 amide bonds. The van der Waals surface area contributed by atoms with E-state index in [-0.39, 0.29) is 0 Å². The van der Waals surface area contributed by atoms with E-state index in [1.165, 1.54) is 0 Å². The predicted octanol–water partition coefficient (Wildman–Crippen LogP) is 4.22. The summed E-state index contributed by atoms with van der Waals surface area (Å²) in [7, 11) is 0. The smallest absolute Gasteiger partial charge is 0.160 e. The number of hydrogen-bond donors (Lipinski definition) is 0. The van der Waals surface area contributed by atoms with Crippen LogP contribution in [0.5, 0.6) is 0 Å². The van der Waals surface area contributed by atoms with Crippen LogP contribution in [-0.2, 0) is 9.47 Å². The molecular formula is C15H28F2O2. The molecule has 0 spiro atoms. The van der Waals surface area contributed by atoms with Gasteiger partial charge in [-0.2, -0.15) is 0 Å². The monoisotopic (exact) mass is 278 g/mol. The van der Waals surface area contributed by atoms with Gasteiger partial charge in [0, 0.05) is 13.2 Å². The fourth-order valence-electron chi connectivity index (χ4n) is 2.37. The van der Waals surface area contributed by atoms with Gasteiger partial charge < -0.3 is 9.47 Å². The van der Waals surface area contributed by atoms with Crippen LogP contribution in [0.2, 0.25) is 0 Å². The highest BCUT2D eigenvalue weighted by Crippen LogP contribution is 2.29. The number of hydrogen-bond acceptors (Lipinski definition) is 2. The molecule has 1 aliphatic rings. The van der Waals surface area contributed by atoms with Gasteiger partial charge in [-0.25, -0.2) is 8.78 Å². The molecule has 4 atom stereocenters. The zero-order valence-electron chi connectivity index (χ0n) is 12.2. The first kappa shape index (κ1) is 16.8. The van der Waals surface area contributed by atoms with E-state index in [0.29, 0.717) is 26.1 Å². The number of halogens is 2. The molecule has 1 rings (SSSR count). The van der Waals surface area contributed by atoms with Gasteiger partial charge in [0.15, 0.2) is 12.3 Å². The fraction of sp³-hybridized carbons (Fsp3) is 1.00. The second kappa shape index (κ2) is 9.65. The summed E-state index contributed by atoms with van der Waals surface area (Å²) >= 11 is 0. The Labute approximate surface area is 115 Å². The molecular weight excluding hydrogens is 250 g/mol. The lowest BCUT2D eigenvalue weighted by atomic mass is 9.91. The Hall–Kier alpha value is -0.220. The average molecular weight is 278 g/mol. The molecule has 1 saturated carbocycles. The SMILES string of the molecule is CCCCCOC1CCC(OCCCC)C(F)C1F. The van der Waals surface area contributed by atoms with Crippen molar-refractivity contribution < 1.29 is 18.3 Å². The standard InChI is InChI=1S/C15H28F2O2/c1-3-5-7-11-19-13-9-8-12(14(16)15(13)17)18-10-6-4-2/h12-15H,3-11H2,1-2H3. The van der Waals surface area contributed by atoms with Crippen molar-refractivity contribution in [2.75, 3.05) is 13.2 Å². The van der Waals surface area contributed by atoms with Crippen LogP contribution >= 0.6 is 0 Å². The van der Waals surface area contributed by atoms with E-state index >= 15 is 0 Å². The Morgan fingerprint density at radius 2 is 1.26 bits per heavy atom. The zero-order chi connectivity index (χ0) is 14.1. The summed E-state index contributed by atoms with van der Waals surface area (Å²) in [6, 6.07) is 0. The van der Waals surface area contributed by atoms with Gasteiger partial charge in [0.1, 0.15) is 0 Å². The van der Waals surface area contributed by atoms with E-state index < -0.39 is 24.6 Å². The van der Waals surface area contributed by atoms with E-state index in [0.717, 1.165) is 32.1 Å². The van der Waals surface area contributed by atoms with Crippen molar-refractivity contribution in [3.63, 3.8) is 0 Å². The van der Waals surface area contributed by atoms with Crippen LogP contribution in [0.25, 0.3) is 0 Å². The molecule has 0 bridgehead atoms. The maximum absolute atomic E-state index is 13.9. The molecule has 4 heteroatoms. The van der Waals surface area contributed by atoms with Crippen molar-refractivity contribution in [2.24, 2.45) is 0 Å². The summed E-state index contributed by atoms with van der Waals surface area (Å²) in [5, 5.41) is 0. The first-order chi connectivity index (χ1) is 9.20. The molecule has 0 N–H and O–H groups in total. The number of alkyl halides is 2. The number of ether oxygens (including phenoxy) is 2. The molecule has 1 aliphatic carbocycles. The van der Waals surface area contributed by atoms with Crippen molar-refractivity contribution >= 4 is 0 Å². The molecule has 2 nitrogen and oxygen atoms in total. The summed E-state index contributed by atoms with van der Waals surface area (Å²) in [4.78, 5) is 0.